The van der Waals surface area contributed by atoms with E-state index >= 15 is 0 Å². The first-order valence-electron chi connectivity index (χ1n) is 5.31. The molecule has 0 spiro atoms. The maximum atomic E-state index is 8.67. The van der Waals surface area contributed by atoms with Crippen molar-refractivity contribution in [3.8, 4) is 0 Å². The van der Waals surface area contributed by atoms with Gasteiger partial charge >= 0.3 is 0 Å². The first-order valence-corrected chi connectivity index (χ1v) is 6.37. The molecule has 2 rings (SSSR count). The quantitative estimate of drug-likeness (QED) is 0.809. The SMILES string of the molecule is CCn1ccnc1.CCn1ccnc1.O=S(O)O. The summed E-state index contributed by atoms with van der Waals surface area (Å²) in [5.74, 6) is 0. The zero-order chi connectivity index (χ0) is 13.8. The Hall–Kier alpha value is -1.51. The lowest BCUT2D eigenvalue weighted by Gasteiger charge is -1.87. The zero-order valence-corrected chi connectivity index (χ0v) is 11.2. The van der Waals surface area contributed by atoms with Crippen molar-refractivity contribution in [2.45, 2.75) is 26.9 Å². The largest absolute Gasteiger partial charge is 0.338 e. The van der Waals surface area contributed by atoms with Crippen LogP contribution in [0.5, 0.6) is 0 Å². The van der Waals surface area contributed by atoms with E-state index in [0.29, 0.717) is 0 Å². The second-order valence-electron chi connectivity index (χ2n) is 3.02. The molecule has 7 nitrogen and oxygen atoms in total. The molecule has 0 aliphatic heterocycles. The average Bonchev–Trinajstić information content (AvgIpc) is 3.02. The fourth-order valence-corrected chi connectivity index (χ4v) is 0.948. The first-order chi connectivity index (χ1) is 8.60. The van der Waals surface area contributed by atoms with Crippen molar-refractivity contribution in [1.82, 2.24) is 19.1 Å². The van der Waals surface area contributed by atoms with Gasteiger partial charge in [-0.25, -0.2) is 9.97 Å². The lowest BCUT2D eigenvalue weighted by Crippen LogP contribution is -1.85. The smallest absolute Gasteiger partial charge is 0.299 e. The molecule has 0 saturated heterocycles. The molecule has 18 heavy (non-hydrogen) atoms. The highest BCUT2D eigenvalue weighted by atomic mass is 32.2. The summed E-state index contributed by atoms with van der Waals surface area (Å²) in [5.41, 5.74) is 0. The summed E-state index contributed by atoms with van der Waals surface area (Å²) < 4.78 is 26.9. The molecule has 0 aromatic carbocycles. The molecule has 102 valence electrons. The van der Waals surface area contributed by atoms with Gasteiger partial charge in [-0.2, -0.15) is 4.21 Å². The molecule has 0 saturated carbocycles. The van der Waals surface area contributed by atoms with Crippen LogP contribution in [0.25, 0.3) is 0 Å². The molecular formula is C10H18N4O3S. The minimum Gasteiger partial charge on any atom is -0.338 e. The third-order valence-corrected chi connectivity index (χ3v) is 1.85. The van der Waals surface area contributed by atoms with Crippen LogP contribution in [-0.4, -0.2) is 32.4 Å². The normalized spacial score (nSPS) is 9.17. The average molecular weight is 274 g/mol. The molecule has 2 aromatic rings. The summed E-state index contributed by atoms with van der Waals surface area (Å²) in [6.07, 6.45) is 11.1. The predicted molar refractivity (Wildman–Crippen MR) is 69.2 cm³/mol. The van der Waals surface area contributed by atoms with Gasteiger partial charge in [0.2, 0.25) is 0 Å². The minimum atomic E-state index is -2.61. The van der Waals surface area contributed by atoms with Crippen molar-refractivity contribution in [3.63, 3.8) is 0 Å². The number of aryl methyl sites for hydroxylation is 2. The summed E-state index contributed by atoms with van der Waals surface area (Å²) in [5, 5.41) is 0. The van der Waals surface area contributed by atoms with Gasteiger partial charge in [-0.05, 0) is 13.8 Å². The summed E-state index contributed by atoms with van der Waals surface area (Å²) in [6, 6.07) is 0. The number of imidazole rings is 2. The molecule has 0 aliphatic rings. The Morgan fingerprint density at radius 1 is 1.00 bits per heavy atom. The molecule has 2 heterocycles. The van der Waals surface area contributed by atoms with Crippen molar-refractivity contribution in [2.75, 3.05) is 0 Å². The summed E-state index contributed by atoms with van der Waals surface area (Å²) in [6.45, 7) is 6.20. The Balaban J connectivity index is 0.000000253. The van der Waals surface area contributed by atoms with Gasteiger partial charge in [0.05, 0.1) is 12.7 Å². The monoisotopic (exact) mass is 274 g/mol. The van der Waals surface area contributed by atoms with E-state index in [1.54, 1.807) is 25.0 Å². The van der Waals surface area contributed by atoms with E-state index in [2.05, 4.69) is 23.8 Å². The highest BCUT2D eigenvalue weighted by Crippen LogP contribution is 1.81. The molecule has 0 fully saturated rings. The van der Waals surface area contributed by atoms with Crippen molar-refractivity contribution < 1.29 is 13.3 Å². The molecule has 2 N–H and O–H groups in total. The summed E-state index contributed by atoms with van der Waals surface area (Å²) in [7, 11) is 0. The van der Waals surface area contributed by atoms with Crippen LogP contribution in [0.4, 0.5) is 0 Å². The third-order valence-electron chi connectivity index (χ3n) is 1.85. The van der Waals surface area contributed by atoms with Crippen LogP contribution < -0.4 is 0 Å². The molecule has 0 atom stereocenters. The Kier molecular flexibility index (Phi) is 9.74. The second-order valence-corrected chi connectivity index (χ2v) is 3.48. The maximum Gasteiger partial charge on any atom is 0.299 e. The van der Waals surface area contributed by atoms with Crippen molar-refractivity contribution in [3.05, 3.63) is 37.4 Å². The van der Waals surface area contributed by atoms with E-state index in [1.807, 2.05) is 21.5 Å². The van der Waals surface area contributed by atoms with E-state index in [-0.39, 0.29) is 0 Å². The lowest BCUT2D eigenvalue weighted by atomic mass is 10.7. The van der Waals surface area contributed by atoms with Crippen LogP contribution in [0, 0.1) is 0 Å². The molecule has 8 heteroatoms. The van der Waals surface area contributed by atoms with Gasteiger partial charge in [-0.15, -0.1) is 0 Å². The molecule has 0 amide bonds. The molecule has 0 aliphatic carbocycles. The second kappa shape index (κ2) is 10.6. The van der Waals surface area contributed by atoms with Crippen LogP contribution >= 0.6 is 0 Å². The van der Waals surface area contributed by atoms with Crippen molar-refractivity contribution >= 4 is 11.4 Å². The van der Waals surface area contributed by atoms with Crippen LogP contribution in [0.2, 0.25) is 0 Å². The van der Waals surface area contributed by atoms with Gasteiger partial charge in [0.25, 0.3) is 11.4 Å². The molecule has 0 radical (unpaired) electrons. The minimum absolute atomic E-state index is 1.01. The van der Waals surface area contributed by atoms with Gasteiger partial charge in [0.1, 0.15) is 0 Å². The fourth-order valence-electron chi connectivity index (χ4n) is 0.948. The van der Waals surface area contributed by atoms with E-state index in [9.17, 15) is 0 Å². The molecular weight excluding hydrogens is 256 g/mol. The Morgan fingerprint density at radius 3 is 1.44 bits per heavy atom. The summed E-state index contributed by atoms with van der Waals surface area (Å²) >= 11 is -2.61. The lowest BCUT2D eigenvalue weighted by molar-refractivity contribution is 0.454. The van der Waals surface area contributed by atoms with Gasteiger partial charge in [-0.3, -0.25) is 9.11 Å². The molecule has 0 bridgehead atoms. The number of aromatic nitrogens is 4. The van der Waals surface area contributed by atoms with Gasteiger partial charge in [-0.1, -0.05) is 0 Å². The fraction of sp³-hybridized carbons (Fsp3) is 0.400. The van der Waals surface area contributed by atoms with Crippen LogP contribution in [0.15, 0.2) is 37.4 Å². The van der Waals surface area contributed by atoms with Crippen LogP contribution in [0.3, 0.4) is 0 Å². The topological polar surface area (TPSA) is 93.2 Å². The Bertz CT molecular complexity index is 364. The maximum absolute atomic E-state index is 8.67. The van der Waals surface area contributed by atoms with E-state index in [4.69, 9.17) is 13.3 Å². The third kappa shape index (κ3) is 9.70. The standard InChI is InChI=1S/2C5H8N2.H2O3S/c2*1-2-7-4-3-6-5-7;1-4(2)3/h2*3-5H,2H2,1H3;(H2,1,2,3). The highest BCUT2D eigenvalue weighted by Gasteiger charge is 1.77. The van der Waals surface area contributed by atoms with E-state index in [1.165, 1.54) is 0 Å². The number of hydrogen-bond acceptors (Lipinski definition) is 3. The number of nitrogens with zero attached hydrogens (tertiary/aromatic N) is 4. The number of rotatable bonds is 2. The zero-order valence-electron chi connectivity index (χ0n) is 10.4. The van der Waals surface area contributed by atoms with Crippen LogP contribution in [-0.2, 0) is 24.5 Å². The first kappa shape index (κ1) is 16.5. The van der Waals surface area contributed by atoms with Gasteiger partial charge in [0, 0.05) is 37.9 Å². The van der Waals surface area contributed by atoms with Gasteiger partial charge < -0.3 is 9.13 Å². The Morgan fingerprint density at radius 2 is 1.33 bits per heavy atom. The molecule has 0 unspecified atom stereocenters. The van der Waals surface area contributed by atoms with Crippen molar-refractivity contribution in [2.24, 2.45) is 0 Å². The Labute approximate surface area is 109 Å². The molecule has 2 aromatic heterocycles. The highest BCUT2D eigenvalue weighted by molar-refractivity contribution is 7.73. The van der Waals surface area contributed by atoms with Crippen LogP contribution in [0.1, 0.15) is 13.8 Å². The van der Waals surface area contributed by atoms with E-state index in [0.717, 1.165) is 13.1 Å². The van der Waals surface area contributed by atoms with E-state index < -0.39 is 11.4 Å². The number of hydrogen-bond donors (Lipinski definition) is 2. The van der Waals surface area contributed by atoms with Gasteiger partial charge in [0.15, 0.2) is 0 Å². The summed E-state index contributed by atoms with van der Waals surface area (Å²) in [4.78, 5) is 7.71. The predicted octanol–water partition coefficient (Wildman–Crippen LogP) is 1.49. The van der Waals surface area contributed by atoms with Crippen molar-refractivity contribution in [1.29, 1.82) is 0 Å².